The molecule has 0 saturated heterocycles. The van der Waals surface area contributed by atoms with Crippen LogP contribution in [0.1, 0.15) is 27.1 Å². The maximum Gasteiger partial charge on any atom is 0.134 e. The highest BCUT2D eigenvalue weighted by atomic mass is 35.5. The average molecular weight is 336 g/mol. The van der Waals surface area contributed by atoms with Gasteiger partial charge in [-0.05, 0) is 48.1 Å². The molecular formula is C16H14ClNOS2. The lowest BCUT2D eigenvalue weighted by molar-refractivity contribution is 0.528. The molecule has 0 spiro atoms. The lowest BCUT2D eigenvalue weighted by Crippen LogP contribution is -2.08. The number of aryl methyl sites for hydroxylation is 1. The van der Waals surface area contributed by atoms with E-state index in [0.29, 0.717) is 5.02 Å². The van der Waals surface area contributed by atoms with Gasteiger partial charge in [-0.25, -0.2) is 0 Å². The first-order valence-corrected chi connectivity index (χ1v) is 9.19. The summed E-state index contributed by atoms with van der Waals surface area (Å²) in [5, 5.41) is 1.72. The van der Waals surface area contributed by atoms with Gasteiger partial charge in [0.1, 0.15) is 11.3 Å². The summed E-state index contributed by atoms with van der Waals surface area (Å²) in [5.41, 5.74) is 8.69. The van der Waals surface area contributed by atoms with Crippen LogP contribution in [0.5, 0.6) is 0 Å². The van der Waals surface area contributed by atoms with Crippen LogP contribution in [-0.4, -0.2) is 5.75 Å². The lowest BCUT2D eigenvalue weighted by Gasteiger charge is -2.08. The van der Waals surface area contributed by atoms with Crippen LogP contribution in [-0.2, 0) is 12.2 Å². The molecule has 0 fully saturated rings. The van der Waals surface area contributed by atoms with Crippen LogP contribution in [0.3, 0.4) is 0 Å². The number of hydrogen-bond acceptors (Lipinski definition) is 4. The Kier molecular flexibility index (Phi) is 3.50. The normalized spacial score (nSPS) is 16.1. The Morgan fingerprint density at radius 3 is 3.00 bits per heavy atom. The maximum absolute atomic E-state index is 6.41. The van der Waals surface area contributed by atoms with Crippen molar-refractivity contribution in [3.05, 3.63) is 56.4 Å². The van der Waals surface area contributed by atoms with Gasteiger partial charge in [0.15, 0.2) is 0 Å². The number of halogens is 1. The number of nitrogens with two attached hydrogens (primary N) is 1. The van der Waals surface area contributed by atoms with Crippen LogP contribution < -0.4 is 5.73 Å². The van der Waals surface area contributed by atoms with E-state index >= 15 is 0 Å². The third-order valence-electron chi connectivity index (χ3n) is 3.76. The first kappa shape index (κ1) is 13.7. The van der Waals surface area contributed by atoms with Gasteiger partial charge in [-0.2, -0.15) is 11.8 Å². The summed E-state index contributed by atoms with van der Waals surface area (Å²) in [5.74, 6) is 3.12. The van der Waals surface area contributed by atoms with Crippen LogP contribution in [0, 0.1) is 0 Å². The molecule has 2 aromatic heterocycles. The highest BCUT2D eigenvalue weighted by Crippen LogP contribution is 2.37. The topological polar surface area (TPSA) is 39.2 Å². The summed E-state index contributed by atoms with van der Waals surface area (Å²) >= 11 is 9.84. The largest absolute Gasteiger partial charge is 0.459 e. The molecule has 1 atom stereocenters. The maximum atomic E-state index is 6.41. The Bertz CT molecular complexity index is 784. The van der Waals surface area contributed by atoms with E-state index in [9.17, 15) is 0 Å². The highest BCUT2D eigenvalue weighted by Gasteiger charge is 2.20. The summed E-state index contributed by atoms with van der Waals surface area (Å²) in [6.45, 7) is 0. The van der Waals surface area contributed by atoms with Crippen LogP contribution in [0.4, 0.5) is 0 Å². The fourth-order valence-corrected chi connectivity index (χ4v) is 5.22. The Morgan fingerprint density at radius 1 is 1.24 bits per heavy atom. The van der Waals surface area contributed by atoms with Crippen molar-refractivity contribution in [3.63, 3.8) is 0 Å². The quantitative estimate of drug-likeness (QED) is 0.717. The Balaban J connectivity index is 1.71. The van der Waals surface area contributed by atoms with Gasteiger partial charge in [-0.1, -0.05) is 11.6 Å². The molecule has 108 valence electrons. The number of thiophene rings is 1. The Hall–Kier alpha value is -0.940. The molecule has 0 aliphatic carbocycles. The second kappa shape index (κ2) is 5.36. The standard InChI is InChI=1S/C16H14ClNOS2/c17-11-1-2-12-9(5-11)6-13(19-12)16(18)15-7-10-8-20-4-3-14(10)21-15/h1-2,5-7,16H,3-4,8,18H2. The molecule has 3 heterocycles. The molecule has 0 radical (unpaired) electrons. The van der Waals surface area contributed by atoms with E-state index < -0.39 is 0 Å². The SMILES string of the molecule is NC(c1cc2cc(Cl)ccc2o1)c1cc2c(s1)CCSC2. The third-order valence-corrected chi connectivity index (χ3v) is 6.32. The van der Waals surface area contributed by atoms with Gasteiger partial charge in [0.25, 0.3) is 0 Å². The van der Waals surface area contributed by atoms with Crippen molar-refractivity contribution >= 4 is 45.7 Å². The Morgan fingerprint density at radius 2 is 2.14 bits per heavy atom. The minimum Gasteiger partial charge on any atom is -0.459 e. The molecule has 3 aromatic rings. The molecule has 1 aromatic carbocycles. The average Bonchev–Trinajstić information content (AvgIpc) is 3.09. The molecule has 2 nitrogen and oxygen atoms in total. The van der Waals surface area contributed by atoms with Gasteiger partial charge < -0.3 is 10.2 Å². The second-order valence-corrected chi connectivity index (χ2v) is 7.92. The number of furan rings is 1. The predicted molar refractivity (Wildman–Crippen MR) is 91.4 cm³/mol. The third kappa shape index (κ3) is 2.50. The monoisotopic (exact) mass is 335 g/mol. The van der Waals surface area contributed by atoms with E-state index in [-0.39, 0.29) is 6.04 Å². The summed E-state index contributed by atoms with van der Waals surface area (Å²) in [6.07, 6.45) is 1.16. The van der Waals surface area contributed by atoms with Crippen molar-refractivity contribution in [1.82, 2.24) is 0 Å². The van der Waals surface area contributed by atoms with Crippen LogP contribution >= 0.6 is 34.7 Å². The van der Waals surface area contributed by atoms with Crippen LogP contribution in [0.2, 0.25) is 5.02 Å². The molecule has 0 bridgehead atoms. The molecule has 5 heteroatoms. The lowest BCUT2D eigenvalue weighted by atomic mass is 10.1. The summed E-state index contributed by atoms with van der Waals surface area (Å²) in [4.78, 5) is 2.67. The minimum absolute atomic E-state index is 0.197. The van der Waals surface area contributed by atoms with Crippen molar-refractivity contribution < 1.29 is 4.42 Å². The number of hydrogen-bond donors (Lipinski definition) is 1. The van der Waals surface area contributed by atoms with E-state index in [2.05, 4.69) is 6.07 Å². The molecule has 1 aliphatic rings. The molecule has 0 amide bonds. The minimum atomic E-state index is -0.197. The van der Waals surface area contributed by atoms with Gasteiger partial charge in [-0.3, -0.25) is 0 Å². The van der Waals surface area contributed by atoms with Gasteiger partial charge >= 0.3 is 0 Å². The van der Waals surface area contributed by atoms with Gasteiger partial charge in [0, 0.05) is 25.9 Å². The van der Waals surface area contributed by atoms with E-state index in [0.717, 1.165) is 28.9 Å². The summed E-state index contributed by atoms with van der Waals surface area (Å²) in [7, 11) is 0. The highest BCUT2D eigenvalue weighted by molar-refractivity contribution is 7.98. The van der Waals surface area contributed by atoms with Crippen molar-refractivity contribution in [2.45, 2.75) is 18.2 Å². The molecule has 0 saturated carbocycles. The van der Waals surface area contributed by atoms with Gasteiger partial charge in [0.05, 0.1) is 6.04 Å². The van der Waals surface area contributed by atoms with E-state index in [4.69, 9.17) is 21.8 Å². The predicted octanol–water partition coefficient (Wildman–Crippen LogP) is 4.99. The van der Waals surface area contributed by atoms with Crippen LogP contribution in [0.15, 0.2) is 34.7 Å². The molecule has 21 heavy (non-hydrogen) atoms. The van der Waals surface area contributed by atoms with Crippen molar-refractivity contribution in [3.8, 4) is 0 Å². The number of rotatable bonds is 2. The van der Waals surface area contributed by atoms with Crippen molar-refractivity contribution in [1.29, 1.82) is 0 Å². The number of fused-ring (bicyclic) bond motifs is 2. The van der Waals surface area contributed by atoms with Crippen molar-refractivity contribution in [2.75, 3.05) is 5.75 Å². The van der Waals surface area contributed by atoms with E-state index in [1.54, 1.807) is 0 Å². The zero-order valence-electron chi connectivity index (χ0n) is 11.3. The fraction of sp³-hybridized carbons (Fsp3) is 0.250. The van der Waals surface area contributed by atoms with Crippen LogP contribution in [0.25, 0.3) is 11.0 Å². The molecule has 1 aliphatic heterocycles. The summed E-state index contributed by atoms with van der Waals surface area (Å²) in [6, 6.07) is 9.69. The van der Waals surface area contributed by atoms with E-state index in [1.165, 1.54) is 21.1 Å². The van der Waals surface area contributed by atoms with E-state index in [1.807, 2.05) is 47.4 Å². The number of thioether (sulfide) groups is 1. The molecular weight excluding hydrogens is 322 g/mol. The fourth-order valence-electron chi connectivity index (χ4n) is 2.65. The first-order valence-electron chi connectivity index (χ1n) is 6.84. The molecule has 2 N–H and O–H groups in total. The van der Waals surface area contributed by atoms with Gasteiger partial charge in [-0.15, -0.1) is 11.3 Å². The van der Waals surface area contributed by atoms with Crippen molar-refractivity contribution in [2.24, 2.45) is 5.73 Å². The smallest absolute Gasteiger partial charge is 0.134 e. The second-order valence-electron chi connectivity index (χ2n) is 5.21. The zero-order valence-corrected chi connectivity index (χ0v) is 13.7. The van der Waals surface area contributed by atoms with Gasteiger partial charge in [0.2, 0.25) is 0 Å². The first-order chi connectivity index (χ1) is 10.2. The zero-order chi connectivity index (χ0) is 14.4. The molecule has 4 rings (SSSR count). The Labute approximate surface area is 136 Å². The molecule has 1 unspecified atom stereocenters. The summed E-state index contributed by atoms with van der Waals surface area (Å²) < 4.78 is 5.89. The number of benzene rings is 1.